The number of rotatable bonds is 2. The quantitative estimate of drug-likeness (QED) is 0.871. The summed E-state index contributed by atoms with van der Waals surface area (Å²) in [5.41, 5.74) is -0.149. The van der Waals surface area contributed by atoms with Gasteiger partial charge >= 0.3 is 0 Å². The van der Waals surface area contributed by atoms with Crippen molar-refractivity contribution < 1.29 is 14.0 Å². The Hall–Kier alpha value is -1.62. The molecule has 1 aromatic rings. The van der Waals surface area contributed by atoms with Crippen LogP contribution in [0.2, 0.25) is 5.02 Å². The first-order chi connectivity index (χ1) is 9.08. The molecule has 4 nitrogen and oxygen atoms in total. The molecule has 6 heteroatoms. The molecule has 1 fully saturated rings. The highest BCUT2D eigenvalue weighted by molar-refractivity contribution is 6.31. The van der Waals surface area contributed by atoms with E-state index in [4.69, 9.17) is 11.6 Å². The molecule has 102 valence electrons. The van der Waals surface area contributed by atoms with E-state index in [-0.39, 0.29) is 16.5 Å². The van der Waals surface area contributed by atoms with Gasteiger partial charge < -0.3 is 10.6 Å². The Morgan fingerprint density at radius 3 is 3.00 bits per heavy atom. The molecule has 0 aliphatic carbocycles. The summed E-state index contributed by atoms with van der Waals surface area (Å²) >= 11 is 5.73. The molecule has 1 aliphatic rings. The van der Waals surface area contributed by atoms with Gasteiger partial charge in [0.05, 0.1) is 5.56 Å². The van der Waals surface area contributed by atoms with Crippen LogP contribution >= 0.6 is 11.6 Å². The third-order valence-corrected chi connectivity index (χ3v) is 3.25. The van der Waals surface area contributed by atoms with Crippen molar-refractivity contribution in [1.82, 2.24) is 10.6 Å². The predicted octanol–water partition coefficient (Wildman–Crippen LogP) is 1.88. The number of carbonyl (C=O) groups is 2. The van der Waals surface area contributed by atoms with E-state index in [0.29, 0.717) is 13.0 Å². The Balaban J connectivity index is 2.11. The zero-order valence-corrected chi connectivity index (χ0v) is 11.0. The molecule has 1 atom stereocenters. The highest BCUT2D eigenvalue weighted by Gasteiger charge is 2.24. The zero-order valence-electron chi connectivity index (χ0n) is 10.2. The standard InChI is InChI=1S/C13H14ClFN2O2/c14-8-4-5-10(15)9(7-8)12(18)17-11-3-1-2-6-16-13(11)19/h4-5,7,11H,1-3,6H2,(H,16,19)(H,17,18)/t11-/m0/s1. The molecule has 0 spiro atoms. The summed E-state index contributed by atoms with van der Waals surface area (Å²) in [5, 5.41) is 5.52. The molecule has 1 saturated heterocycles. The van der Waals surface area contributed by atoms with Crippen molar-refractivity contribution in [2.24, 2.45) is 0 Å². The lowest BCUT2D eigenvalue weighted by molar-refractivity contribution is -0.122. The van der Waals surface area contributed by atoms with E-state index < -0.39 is 17.8 Å². The molecular formula is C13H14ClFN2O2. The van der Waals surface area contributed by atoms with Gasteiger partial charge in [0, 0.05) is 11.6 Å². The second-order valence-electron chi connectivity index (χ2n) is 4.44. The fourth-order valence-electron chi connectivity index (χ4n) is 1.98. The summed E-state index contributed by atoms with van der Waals surface area (Å²) < 4.78 is 13.5. The monoisotopic (exact) mass is 284 g/mol. The second-order valence-corrected chi connectivity index (χ2v) is 4.87. The number of hydrogen-bond donors (Lipinski definition) is 2. The number of carbonyl (C=O) groups excluding carboxylic acids is 2. The Labute approximate surface area is 115 Å². The van der Waals surface area contributed by atoms with Gasteiger partial charge in [0.25, 0.3) is 5.91 Å². The molecule has 0 aromatic heterocycles. The maximum absolute atomic E-state index is 13.5. The van der Waals surface area contributed by atoms with E-state index in [1.807, 2.05) is 0 Å². The lowest BCUT2D eigenvalue weighted by Crippen LogP contribution is -2.45. The Bertz CT molecular complexity index is 507. The highest BCUT2D eigenvalue weighted by Crippen LogP contribution is 2.15. The fourth-order valence-corrected chi connectivity index (χ4v) is 2.16. The minimum atomic E-state index is -0.657. The average molecular weight is 285 g/mol. The molecule has 2 rings (SSSR count). The van der Waals surface area contributed by atoms with Crippen LogP contribution < -0.4 is 10.6 Å². The molecule has 19 heavy (non-hydrogen) atoms. The topological polar surface area (TPSA) is 58.2 Å². The van der Waals surface area contributed by atoms with Crippen LogP contribution in [-0.4, -0.2) is 24.4 Å². The van der Waals surface area contributed by atoms with Gasteiger partial charge in [-0.2, -0.15) is 0 Å². The SMILES string of the molecule is O=C(N[C@H]1CCCCNC1=O)c1cc(Cl)ccc1F. The minimum absolute atomic E-state index is 0.149. The smallest absolute Gasteiger partial charge is 0.254 e. The van der Waals surface area contributed by atoms with Crippen LogP contribution in [0.5, 0.6) is 0 Å². The van der Waals surface area contributed by atoms with Crippen LogP contribution in [0.1, 0.15) is 29.6 Å². The van der Waals surface area contributed by atoms with Crippen LogP contribution in [0, 0.1) is 5.82 Å². The van der Waals surface area contributed by atoms with Crippen LogP contribution in [0.15, 0.2) is 18.2 Å². The van der Waals surface area contributed by atoms with Gasteiger partial charge in [-0.1, -0.05) is 11.6 Å². The van der Waals surface area contributed by atoms with Gasteiger partial charge in [-0.3, -0.25) is 9.59 Å². The summed E-state index contributed by atoms with van der Waals surface area (Å²) in [6, 6.07) is 3.13. The Morgan fingerprint density at radius 2 is 2.21 bits per heavy atom. The van der Waals surface area contributed by atoms with E-state index in [1.165, 1.54) is 12.1 Å². The van der Waals surface area contributed by atoms with Gasteiger partial charge in [-0.05, 0) is 37.5 Å². The third kappa shape index (κ3) is 3.44. The summed E-state index contributed by atoms with van der Waals surface area (Å²) in [5.74, 6) is -1.51. The van der Waals surface area contributed by atoms with Gasteiger partial charge in [-0.15, -0.1) is 0 Å². The van der Waals surface area contributed by atoms with E-state index in [9.17, 15) is 14.0 Å². The van der Waals surface area contributed by atoms with Crippen LogP contribution in [0.4, 0.5) is 4.39 Å². The van der Waals surface area contributed by atoms with Crippen molar-refractivity contribution >= 4 is 23.4 Å². The molecule has 1 heterocycles. The van der Waals surface area contributed by atoms with Gasteiger partial charge in [-0.25, -0.2) is 4.39 Å². The summed E-state index contributed by atoms with van der Waals surface area (Å²) in [6.07, 6.45) is 2.27. The number of hydrogen-bond acceptors (Lipinski definition) is 2. The molecule has 1 aliphatic heterocycles. The predicted molar refractivity (Wildman–Crippen MR) is 69.5 cm³/mol. The lowest BCUT2D eigenvalue weighted by atomic mass is 10.1. The number of amides is 2. The van der Waals surface area contributed by atoms with Gasteiger partial charge in [0.1, 0.15) is 11.9 Å². The van der Waals surface area contributed by atoms with Crippen LogP contribution in [-0.2, 0) is 4.79 Å². The van der Waals surface area contributed by atoms with Crippen LogP contribution in [0.3, 0.4) is 0 Å². The first kappa shape index (κ1) is 13.8. The average Bonchev–Trinajstić information content (AvgIpc) is 2.58. The molecule has 0 unspecified atom stereocenters. The number of halogens is 2. The molecule has 0 bridgehead atoms. The molecular weight excluding hydrogens is 271 g/mol. The van der Waals surface area contributed by atoms with Gasteiger partial charge in [0.15, 0.2) is 0 Å². The van der Waals surface area contributed by atoms with Crippen LogP contribution in [0.25, 0.3) is 0 Å². The maximum Gasteiger partial charge on any atom is 0.254 e. The van der Waals surface area contributed by atoms with Crippen molar-refractivity contribution in [2.45, 2.75) is 25.3 Å². The number of nitrogens with one attached hydrogen (secondary N) is 2. The molecule has 0 radical (unpaired) electrons. The summed E-state index contributed by atoms with van der Waals surface area (Å²) in [4.78, 5) is 23.6. The molecule has 2 N–H and O–H groups in total. The lowest BCUT2D eigenvalue weighted by Gasteiger charge is -2.15. The fraction of sp³-hybridized carbons (Fsp3) is 0.385. The first-order valence-electron chi connectivity index (χ1n) is 6.11. The van der Waals surface area contributed by atoms with E-state index >= 15 is 0 Å². The van der Waals surface area contributed by atoms with E-state index in [0.717, 1.165) is 18.9 Å². The Kier molecular flexibility index (Phi) is 4.37. The molecule has 1 aromatic carbocycles. The zero-order chi connectivity index (χ0) is 13.8. The van der Waals surface area contributed by atoms with Crippen molar-refractivity contribution in [2.75, 3.05) is 6.54 Å². The molecule has 2 amide bonds. The normalized spacial score (nSPS) is 19.5. The van der Waals surface area contributed by atoms with Crippen molar-refractivity contribution in [3.05, 3.63) is 34.6 Å². The number of benzene rings is 1. The Morgan fingerprint density at radius 1 is 1.42 bits per heavy atom. The van der Waals surface area contributed by atoms with E-state index in [1.54, 1.807) is 0 Å². The molecule has 0 saturated carbocycles. The largest absolute Gasteiger partial charge is 0.354 e. The second kappa shape index (κ2) is 6.02. The van der Waals surface area contributed by atoms with Crippen molar-refractivity contribution in [1.29, 1.82) is 0 Å². The van der Waals surface area contributed by atoms with Gasteiger partial charge in [0.2, 0.25) is 5.91 Å². The maximum atomic E-state index is 13.5. The van der Waals surface area contributed by atoms with Crippen molar-refractivity contribution in [3.8, 4) is 0 Å². The first-order valence-corrected chi connectivity index (χ1v) is 6.49. The minimum Gasteiger partial charge on any atom is -0.354 e. The summed E-state index contributed by atoms with van der Waals surface area (Å²) in [6.45, 7) is 0.608. The summed E-state index contributed by atoms with van der Waals surface area (Å²) in [7, 11) is 0. The third-order valence-electron chi connectivity index (χ3n) is 3.01. The highest BCUT2D eigenvalue weighted by atomic mass is 35.5. The van der Waals surface area contributed by atoms with E-state index in [2.05, 4.69) is 10.6 Å². The van der Waals surface area contributed by atoms with Crippen molar-refractivity contribution in [3.63, 3.8) is 0 Å².